The fraction of sp³-hybridized carbons (Fsp3) is 0.400. The molecule has 0 spiro atoms. The summed E-state index contributed by atoms with van der Waals surface area (Å²) in [7, 11) is 0. The van der Waals surface area contributed by atoms with Crippen LogP contribution in [0.15, 0.2) is 12.3 Å². The van der Waals surface area contributed by atoms with Crippen LogP contribution in [0.4, 0.5) is 24.7 Å². The Hall–Kier alpha value is -1.97. The van der Waals surface area contributed by atoms with Crippen LogP contribution < -0.4 is 11.1 Å². The van der Waals surface area contributed by atoms with Crippen molar-refractivity contribution in [2.45, 2.75) is 19.0 Å². The van der Waals surface area contributed by atoms with Crippen molar-refractivity contribution in [2.75, 3.05) is 17.6 Å². The van der Waals surface area contributed by atoms with Crippen LogP contribution in [-0.2, 0) is 0 Å². The molecule has 0 atom stereocenters. The summed E-state index contributed by atoms with van der Waals surface area (Å²) in [5.41, 5.74) is 5.98. The van der Waals surface area contributed by atoms with Gasteiger partial charge in [-0.2, -0.15) is 18.4 Å². The number of aromatic nitrogens is 1. The second-order valence-electron chi connectivity index (χ2n) is 3.42. The van der Waals surface area contributed by atoms with Crippen molar-refractivity contribution in [1.29, 1.82) is 5.26 Å². The normalized spacial score (nSPS) is 10.9. The van der Waals surface area contributed by atoms with E-state index in [0.717, 1.165) is 0 Å². The number of hydrogen-bond donors (Lipinski definition) is 2. The lowest BCUT2D eigenvalue weighted by atomic mass is 10.2. The second-order valence-corrected chi connectivity index (χ2v) is 3.42. The average Bonchev–Trinajstić information content (AvgIpc) is 2.24. The van der Waals surface area contributed by atoms with Crippen molar-refractivity contribution in [1.82, 2.24) is 4.98 Å². The zero-order valence-corrected chi connectivity index (χ0v) is 8.88. The highest BCUT2D eigenvalue weighted by Gasteiger charge is 2.25. The molecule has 0 aliphatic carbocycles. The van der Waals surface area contributed by atoms with E-state index in [9.17, 15) is 13.2 Å². The van der Waals surface area contributed by atoms with Crippen molar-refractivity contribution in [3.8, 4) is 6.07 Å². The smallest absolute Gasteiger partial charge is 0.389 e. The highest BCUT2D eigenvalue weighted by atomic mass is 19.4. The monoisotopic (exact) mass is 244 g/mol. The molecule has 0 amide bonds. The number of alkyl halides is 3. The number of pyridine rings is 1. The molecule has 0 aromatic carbocycles. The Morgan fingerprint density at radius 3 is 2.76 bits per heavy atom. The first kappa shape index (κ1) is 13.1. The maximum Gasteiger partial charge on any atom is 0.389 e. The van der Waals surface area contributed by atoms with Crippen LogP contribution in [0.5, 0.6) is 0 Å². The molecule has 1 aromatic rings. The molecule has 0 bridgehead atoms. The van der Waals surface area contributed by atoms with E-state index in [-0.39, 0.29) is 24.3 Å². The van der Waals surface area contributed by atoms with Gasteiger partial charge in [-0.25, -0.2) is 4.98 Å². The van der Waals surface area contributed by atoms with E-state index >= 15 is 0 Å². The summed E-state index contributed by atoms with van der Waals surface area (Å²) in [6.07, 6.45) is -3.75. The van der Waals surface area contributed by atoms with Crippen LogP contribution in [-0.4, -0.2) is 17.7 Å². The Bertz CT molecular complexity index is 423. The van der Waals surface area contributed by atoms with Gasteiger partial charge in [0.25, 0.3) is 0 Å². The van der Waals surface area contributed by atoms with Crippen LogP contribution in [0.1, 0.15) is 18.4 Å². The standard InChI is InChI=1S/C10H11F3N4/c11-10(12,13)2-1-3-16-9-7(5-14)4-8(15)6-17-9/h4,6H,1-3,15H2,(H,16,17). The lowest BCUT2D eigenvalue weighted by molar-refractivity contribution is -0.134. The number of anilines is 2. The molecule has 92 valence electrons. The maximum atomic E-state index is 11.9. The van der Waals surface area contributed by atoms with Crippen LogP contribution in [0.25, 0.3) is 0 Å². The van der Waals surface area contributed by atoms with Crippen molar-refractivity contribution in [3.05, 3.63) is 17.8 Å². The van der Waals surface area contributed by atoms with Gasteiger partial charge < -0.3 is 11.1 Å². The minimum absolute atomic E-state index is 0.0690. The second kappa shape index (κ2) is 5.39. The quantitative estimate of drug-likeness (QED) is 0.797. The molecule has 0 radical (unpaired) electrons. The van der Waals surface area contributed by atoms with Crippen LogP contribution in [0, 0.1) is 11.3 Å². The first-order valence-corrected chi connectivity index (χ1v) is 4.88. The number of nitrogen functional groups attached to an aromatic ring is 1. The number of nitrogens with two attached hydrogens (primary N) is 1. The van der Waals surface area contributed by atoms with E-state index in [1.165, 1.54) is 12.3 Å². The molecule has 0 aliphatic rings. The summed E-state index contributed by atoms with van der Waals surface area (Å²) in [6, 6.07) is 3.28. The van der Waals surface area contributed by atoms with Crippen molar-refractivity contribution < 1.29 is 13.2 Å². The molecule has 0 saturated carbocycles. The molecule has 3 N–H and O–H groups in total. The Morgan fingerprint density at radius 2 is 2.18 bits per heavy atom. The third-order valence-corrected chi connectivity index (χ3v) is 1.96. The molecular formula is C10H11F3N4. The minimum Gasteiger partial charge on any atom is -0.397 e. The minimum atomic E-state index is -4.16. The summed E-state index contributed by atoms with van der Waals surface area (Å²) in [4.78, 5) is 3.84. The summed E-state index contributed by atoms with van der Waals surface area (Å²) in [6.45, 7) is 0.102. The van der Waals surface area contributed by atoms with E-state index < -0.39 is 12.6 Å². The van der Waals surface area contributed by atoms with E-state index in [0.29, 0.717) is 5.69 Å². The third kappa shape index (κ3) is 4.59. The molecule has 0 saturated heterocycles. The lowest BCUT2D eigenvalue weighted by Crippen LogP contribution is -2.12. The van der Waals surface area contributed by atoms with Gasteiger partial charge >= 0.3 is 6.18 Å². The van der Waals surface area contributed by atoms with Crippen molar-refractivity contribution in [2.24, 2.45) is 0 Å². The number of halogens is 3. The number of hydrogen-bond acceptors (Lipinski definition) is 4. The predicted molar refractivity (Wildman–Crippen MR) is 57.1 cm³/mol. The predicted octanol–water partition coefficient (Wildman–Crippen LogP) is 2.29. The largest absolute Gasteiger partial charge is 0.397 e. The molecule has 0 fully saturated rings. The maximum absolute atomic E-state index is 11.9. The molecule has 1 rings (SSSR count). The van der Waals surface area contributed by atoms with Crippen LogP contribution in [0.3, 0.4) is 0 Å². The zero-order valence-electron chi connectivity index (χ0n) is 8.88. The molecule has 4 nitrogen and oxygen atoms in total. The van der Waals surface area contributed by atoms with Gasteiger partial charge in [-0.15, -0.1) is 0 Å². The Labute approximate surface area is 96.3 Å². The Balaban J connectivity index is 2.50. The molecule has 1 aromatic heterocycles. The van der Waals surface area contributed by atoms with Crippen molar-refractivity contribution in [3.63, 3.8) is 0 Å². The highest BCUT2D eigenvalue weighted by Crippen LogP contribution is 2.21. The third-order valence-electron chi connectivity index (χ3n) is 1.96. The fourth-order valence-electron chi connectivity index (χ4n) is 1.20. The molecule has 17 heavy (non-hydrogen) atoms. The first-order chi connectivity index (χ1) is 7.92. The number of nitrogens with zero attached hydrogens (tertiary/aromatic N) is 2. The average molecular weight is 244 g/mol. The van der Waals surface area contributed by atoms with E-state index in [4.69, 9.17) is 11.0 Å². The number of nitrogens with one attached hydrogen (secondary N) is 1. The summed E-state index contributed by atoms with van der Waals surface area (Å²) < 4.78 is 35.6. The molecule has 7 heteroatoms. The molecule has 1 heterocycles. The summed E-state index contributed by atoms with van der Waals surface area (Å²) in [5, 5.41) is 11.4. The molecular weight excluding hydrogens is 233 g/mol. The van der Waals surface area contributed by atoms with Crippen LogP contribution >= 0.6 is 0 Å². The first-order valence-electron chi connectivity index (χ1n) is 4.88. The van der Waals surface area contributed by atoms with Gasteiger partial charge in [0.05, 0.1) is 17.4 Å². The lowest BCUT2D eigenvalue weighted by Gasteiger charge is -2.09. The zero-order chi connectivity index (χ0) is 12.9. The SMILES string of the molecule is N#Cc1cc(N)cnc1NCCCC(F)(F)F. The van der Waals surface area contributed by atoms with Gasteiger partial charge in [0.1, 0.15) is 11.9 Å². The number of nitriles is 1. The van der Waals surface area contributed by atoms with Gasteiger partial charge in [0, 0.05) is 13.0 Å². The van der Waals surface area contributed by atoms with E-state index in [1.807, 2.05) is 6.07 Å². The highest BCUT2D eigenvalue weighted by molar-refractivity contribution is 5.57. The Morgan fingerprint density at radius 1 is 1.47 bits per heavy atom. The van der Waals surface area contributed by atoms with Gasteiger partial charge in [0.2, 0.25) is 0 Å². The van der Waals surface area contributed by atoms with Gasteiger partial charge in [-0.3, -0.25) is 0 Å². The molecule has 0 aliphatic heterocycles. The topological polar surface area (TPSA) is 74.7 Å². The van der Waals surface area contributed by atoms with E-state index in [2.05, 4.69) is 10.3 Å². The van der Waals surface area contributed by atoms with Crippen molar-refractivity contribution >= 4 is 11.5 Å². The van der Waals surface area contributed by atoms with Gasteiger partial charge in [0.15, 0.2) is 0 Å². The number of rotatable bonds is 4. The fourth-order valence-corrected chi connectivity index (χ4v) is 1.20. The Kier molecular flexibility index (Phi) is 4.15. The van der Waals surface area contributed by atoms with Gasteiger partial charge in [-0.1, -0.05) is 0 Å². The summed E-state index contributed by atoms with van der Waals surface area (Å²) >= 11 is 0. The van der Waals surface area contributed by atoms with E-state index in [1.54, 1.807) is 0 Å². The molecule has 0 unspecified atom stereocenters. The van der Waals surface area contributed by atoms with Gasteiger partial charge in [-0.05, 0) is 12.5 Å². The summed E-state index contributed by atoms with van der Waals surface area (Å²) in [5.74, 6) is 0.254. The van der Waals surface area contributed by atoms with Crippen LogP contribution in [0.2, 0.25) is 0 Å².